The Balaban J connectivity index is 1.32. The minimum Gasteiger partial charge on any atom is -0.462 e. The Hall–Kier alpha value is -5.01. The van der Waals surface area contributed by atoms with Gasteiger partial charge in [-0.2, -0.15) is 0 Å². The largest absolute Gasteiger partial charge is 0.462 e. The standard InChI is InChI=1S/C65H87O12P/c1-3-5-7-9-11-13-30-42-58(66)70-51-57(76-59(67)43-31-14-12-10-8-6-4-2)44-45-78(68,69)77-65-63(74-49-55-38-26-18-27-39-55)61(72-47-53-34-22-16-23-35-53)60(71-46-52-32-20-15-21-33-52)62(73-48-54-36-24-17-25-37-54)64(65)75-50-56-40-28-19-29-41-56/h15-29,32-41,57,60-65H,3-14,30-31,42-51H2,1-2H3,(H,68,69)/t57?,60-,61-,62+,63-,64-,65-/m0/s1. The van der Waals surface area contributed by atoms with Gasteiger partial charge in [-0.1, -0.05) is 243 Å². The van der Waals surface area contributed by atoms with Crippen LogP contribution in [0.1, 0.15) is 151 Å². The number of carbonyl (C=O) groups excluding carboxylic acids is 2. The van der Waals surface area contributed by atoms with Gasteiger partial charge in [-0.25, -0.2) is 0 Å². The van der Waals surface area contributed by atoms with Gasteiger partial charge in [-0.15, -0.1) is 0 Å². The highest BCUT2D eigenvalue weighted by molar-refractivity contribution is 7.52. The zero-order chi connectivity index (χ0) is 54.9. The summed E-state index contributed by atoms with van der Waals surface area (Å²) in [6.07, 6.45) is 7.25. The van der Waals surface area contributed by atoms with Crippen LogP contribution in [-0.2, 0) is 84.9 Å². The Morgan fingerprint density at radius 2 is 0.718 bits per heavy atom. The lowest BCUT2D eigenvalue weighted by atomic mass is 9.83. The molecule has 0 heterocycles. The molecule has 424 valence electrons. The highest BCUT2D eigenvalue weighted by atomic mass is 31.2. The summed E-state index contributed by atoms with van der Waals surface area (Å²) in [4.78, 5) is 38.8. The third-order valence-corrected chi connectivity index (χ3v) is 15.5. The number of carbonyl (C=O) groups is 2. The van der Waals surface area contributed by atoms with Gasteiger partial charge in [0, 0.05) is 12.8 Å². The van der Waals surface area contributed by atoms with Crippen molar-refractivity contribution in [3.05, 3.63) is 179 Å². The van der Waals surface area contributed by atoms with E-state index in [1.165, 1.54) is 32.1 Å². The topological polar surface area (TPSA) is 145 Å². The zero-order valence-electron chi connectivity index (χ0n) is 46.3. The maximum Gasteiger partial charge on any atom is 0.328 e. The quantitative estimate of drug-likeness (QED) is 0.0227. The fraction of sp³-hybridized carbons (Fsp3) is 0.508. The van der Waals surface area contributed by atoms with Crippen molar-refractivity contribution in [3.8, 4) is 0 Å². The Kier molecular flexibility index (Phi) is 28.9. The van der Waals surface area contributed by atoms with Gasteiger partial charge in [0.05, 0.1) is 39.2 Å². The average Bonchev–Trinajstić information content (AvgIpc) is 3.46. The summed E-state index contributed by atoms with van der Waals surface area (Å²) < 4.78 is 68.3. The van der Waals surface area contributed by atoms with Gasteiger partial charge in [-0.3, -0.25) is 18.7 Å². The molecular weight excluding hydrogens is 1000 g/mol. The van der Waals surface area contributed by atoms with E-state index in [-0.39, 0.29) is 58.9 Å². The van der Waals surface area contributed by atoms with Crippen LogP contribution in [0.5, 0.6) is 0 Å². The number of esters is 2. The lowest BCUT2D eigenvalue weighted by Gasteiger charge is -2.50. The molecule has 0 radical (unpaired) electrons. The van der Waals surface area contributed by atoms with E-state index in [0.29, 0.717) is 12.8 Å². The molecule has 6 rings (SSSR count). The molecule has 78 heavy (non-hydrogen) atoms. The van der Waals surface area contributed by atoms with Gasteiger partial charge in [0.1, 0.15) is 49.3 Å². The number of rotatable bonds is 39. The molecule has 0 spiro atoms. The first-order chi connectivity index (χ1) is 38.2. The third kappa shape index (κ3) is 23.4. The van der Waals surface area contributed by atoms with Crippen molar-refractivity contribution >= 4 is 19.5 Å². The summed E-state index contributed by atoms with van der Waals surface area (Å²) >= 11 is 0. The lowest BCUT2D eigenvalue weighted by molar-refractivity contribution is -0.279. The molecule has 8 atom stereocenters. The SMILES string of the molecule is CCCCCCCCCC(=O)OCC(CCP(=O)(O)O[C@@H]1[C@@H](OCc2ccccc2)[C@H](OCc2ccccc2)[C@@H](OCc2ccccc2)[C@H](OCc2ccccc2)[C@@H]1OCc1ccccc1)OC(=O)CCCCCCCCC. The molecule has 0 aromatic heterocycles. The van der Waals surface area contributed by atoms with E-state index in [9.17, 15) is 14.5 Å². The van der Waals surface area contributed by atoms with Gasteiger partial charge in [0.2, 0.25) is 0 Å². The van der Waals surface area contributed by atoms with Crippen molar-refractivity contribution in [3.63, 3.8) is 0 Å². The number of hydrogen-bond acceptors (Lipinski definition) is 11. The summed E-state index contributed by atoms with van der Waals surface area (Å²) in [5, 5.41) is 0. The molecule has 12 nitrogen and oxygen atoms in total. The van der Waals surface area contributed by atoms with Crippen molar-refractivity contribution in [2.45, 2.75) is 199 Å². The minimum atomic E-state index is -4.68. The first-order valence-electron chi connectivity index (χ1n) is 28.8. The van der Waals surface area contributed by atoms with Crippen molar-refractivity contribution in [2.75, 3.05) is 12.8 Å². The third-order valence-electron chi connectivity index (χ3n) is 14.1. The highest BCUT2D eigenvalue weighted by Crippen LogP contribution is 2.49. The Morgan fingerprint density at radius 1 is 0.423 bits per heavy atom. The van der Waals surface area contributed by atoms with Gasteiger partial charge >= 0.3 is 19.5 Å². The molecule has 0 saturated heterocycles. The molecule has 5 aromatic rings. The second kappa shape index (κ2) is 36.3. The molecule has 13 heteroatoms. The highest BCUT2D eigenvalue weighted by Gasteiger charge is 2.56. The summed E-state index contributed by atoms with van der Waals surface area (Å²) in [5.41, 5.74) is 4.43. The van der Waals surface area contributed by atoms with Gasteiger partial charge < -0.3 is 38.1 Å². The van der Waals surface area contributed by atoms with E-state index in [1.54, 1.807) is 0 Å². The van der Waals surface area contributed by atoms with E-state index in [0.717, 1.165) is 72.8 Å². The second-order valence-electron chi connectivity index (χ2n) is 20.6. The van der Waals surface area contributed by atoms with Crippen LogP contribution in [0.15, 0.2) is 152 Å². The first-order valence-corrected chi connectivity index (χ1v) is 30.6. The predicted molar refractivity (Wildman–Crippen MR) is 305 cm³/mol. The molecule has 1 N–H and O–H groups in total. The summed E-state index contributed by atoms with van der Waals surface area (Å²) in [6, 6.07) is 48.7. The molecule has 1 aliphatic carbocycles. The van der Waals surface area contributed by atoms with E-state index in [1.807, 2.05) is 152 Å². The number of ether oxygens (including phenoxy) is 7. The molecule has 0 aliphatic heterocycles. The smallest absolute Gasteiger partial charge is 0.328 e. The fourth-order valence-electron chi connectivity index (χ4n) is 9.71. The van der Waals surface area contributed by atoms with E-state index < -0.39 is 68.4 Å². The van der Waals surface area contributed by atoms with Crippen LogP contribution >= 0.6 is 7.60 Å². The molecule has 0 bridgehead atoms. The minimum absolute atomic E-state index is 0.0969. The van der Waals surface area contributed by atoms with Crippen LogP contribution in [-0.4, -0.2) is 72.3 Å². The summed E-state index contributed by atoms with van der Waals surface area (Å²) in [5.74, 6) is -0.842. The maximum absolute atomic E-state index is 15.1. The number of hydrogen-bond donors (Lipinski definition) is 1. The van der Waals surface area contributed by atoms with E-state index in [2.05, 4.69) is 13.8 Å². The van der Waals surface area contributed by atoms with Crippen molar-refractivity contribution < 1.29 is 56.7 Å². The molecular formula is C65H87O12P. The van der Waals surface area contributed by atoms with Crippen LogP contribution in [0, 0.1) is 0 Å². The van der Waals surface area contributed by atoms with Gasteiger partial charge in [0.25, 0.3) is 0 Å². The lowest BCUT2D eigenvalue weighted by Crippen LogP contribution is -2.67. The average molecular weight is 1090 g/mol. The molecule has 0 amide bonds. The van der Waals surface area contributed by atoms with Crippen LogP contribution in [0.2, 0.25) is 0 Å². The van der Waals surface area contributed by atoms with Crippen LogP contribution in [0.25, 0.3) is 0 Å². The monoisotopic (exact) mass is 1090 g/mol. The first kappa shape index (κ1) is 62.2. The number of benzene rings is 5. The molecule has 1 saturated carbocycles. The van der Waals surface area contributed by atoms with Crippen molar-refractivity contribution in [2.24, 2.45) is 0 Å². The Labute approximate surface area is 465 Å². The Bertz CT molecular complexity index is 2300. The second-order valence-corrected chi connectivity index (χ2v) is 22.5. The van der Waals surface area contributed by atoms with Gasteiger partial charge in [0.15, 0.2) is 0 Å². The Morgan fingerprint density at radius 3 is 1.05 bits per heavy atom. The van der Waals surface area contributed by atoms with Crippen molar-refractivity contribution in [1.82, 2.24) is 0 Å². The fourth-order valence-corrected chi connectivity index (χ4v) is 11.0. The van der Waals surface area contributed by atoms with E-state index in [4.69, 9.17) is 37.7 Å². The maximum atomic E-state index is 15.1. The zero-order valence-corrected chi connectivity index (χ0v) is 47.2. The van der Waals surface area contributed by atoms with Gasteiger partial charge in [-0.05, 0) is 47.1 Å². The van der Waals surface area contributed by atoms with Crippen LogP contribution in [0.3, 0.4) is 0 Å². The van der Waals surface area contributed by atoms with Crippen LogP contribution < -0.4 is 0 Å². The summed E-state index contributed by atoms with van der Waals surface area (Å²) in [7, 11) is -4.68. The molecule has 5 aromatic carbocycles. The van der Waals surface area contributed by atoms with Crippen molar-refractivity contribution in [1.29, 1.82) is 0 Å². The predicted octanol–water partition coefficient (Wildman–Crippen LogP) is 14.6. The van der Waals surface area contributed by atoms with E-state index >= 15 is 4.57 Å². The molecule has 1 fully saturated rings. The normalized spacial score (nSPS) is 19.4. The molecule has 2 unspecified atom stereocenters. The number of unbranched alkanes of at least 4 members (excludes halogenated alkanes) is 12. The summed E-state index contributed by atoms with van der Waals surface area (Å²) in [6.45, 7) is 4.80. The van der Waals surface area contributed by atoms with Crippen LogP contribution in [0.4, 0.5) is 0 Å². The molecule has 1 aliphatic rings.